The number of rotatable bonds is 3. The number of carboxylic acid groups (broad SMARTS) is 1. The molecule has 0 unspecified atom stereocenters. The van der Waals surface area contributed by atoms with Crippen LogP contribution in [-0.4, -0.2) is 26.2 Å². The molecule has 0 bridgehead atoms. The molecule has 1 aromatic carbocycles. The smallest absolute Gasteiger partial charge is 0.337 e. The Hall–Kier alpha value is -2.27. The molecule has 17 heavy (non-hydrogen) atoms. The number of hydrogen-bond donors (Lipinski definition) is 2. The van der Waals surface area contributed by atoms with Gasteiger partial charge in [-0.15, -0.1) is 0 Å². The Morgan fingerprint density at radius 3 is 2.18 bits per heavy atom. The first-order valence-corrected chi connectivity index (χ1v) is 4.94. The van der Waals surface area contributed by atoms with E-state index in [1.54, 1.807) is 36.7 Å². The number of aliphatic hydroxyl groups excluding tert-OH is 1. The molecule has 0 saturated heterocycles. The molecule has 0 aliphatic rings. The fourth-order valence-electron chi connectivity index (χ4n) is 1.45. The first-order valence-electron chi connectivity index (χ1n) is 4.94. The molecule has 0 aliphatic heterocycles. The van der Waals surface area contributed by atoms with Crippen LogP contribution in [0.2, 0.25) is 0 Å². The van der Waals surface area contributed by atoms with Crippen molar-refractivity contribution >= 4 is 5.97 Å². The van der Waals surface area contributed by atoms with E-state index in [1.807, 2.05) is 0 Å². The van der Waals surface area contributed by atoms with Crippen molar-refractivity contribution in [2.75, 3.05) is 0 Å². The topological polar surface area (TPSA) is 83.3 Å². The van der Waals surface area contributed by atoms with Crippen molar-refractivity contribution < 1.29 is 15.0 Å². The molecule has 0 saturated carbocycles. The van der Waals surface area contributed by atoms with Crippen molar-refractivity contribution in [2.24, 2.45) is 0 Å². The van der Waals surface area contributed by atoms with Crippen LogP contribution in [0.3, 0.4) is 0 Å². The number of carbonyl (C=O) groups is 1. The van der Waals surface area contributed by atoms with E-state index in [0.29, 0.717) is 5.56 Å². The van der Waals surface area contributed by atoms with Gasteiger partial charge in [0.15, 0.2) is 6.10 Å². The zero-order chi connectivity index (χ0) is 12.3. The molecule has 0 aliphatic carbocycles. The molecule has 5 nitrogen and oxygen atoms in total. The molecule has 0 radical (unpaired) electrons. The Bertz CT molecular complexity index is 511. The third-order valence-electron chi connectivity index (χ3n) is 2.35. The summed E-state index contributed by atoms with van der Waals surface area (Å²) in [5, 5.41) is 18.0. The van der Waals surface area contributed by atoms with Crippen LogP contribution in [0, 0.1) is 0 Å². The Morgan fingerprint density at radius 1 is 1.06 bits per heavy atom. The number of aromatic nitrogens is 2. The predicted molar refractivity (Wildman–Crippen MR) is 60.1 cm³/mol. The lowest BCUT2D eigenvalue weighted by atomic mass is 10.0. The number of aliphatic carboxylic acids is 1. The van der Waals surface area contributed by atoms with Crippen LogP contribution in [0.1, 0.15) is 11.7 Å². The van der Waals surface area contributed by atoms with E-state index in [4.69, 9.17) is 5.11 Å². The van der Waals surface area contributed by atoms with E-state index in [9.17, 15) is 9.90 Å². The van der Waals surface area contributed by atoms with Gasteiger partial charge in [-0.25, -0.2) is 14.8 Å². The van der Waals surface area contributed by atoms with Crippen molar-refractivity contribution in [3.8, 4) is 11.1 Å². The summed E-state index contributed by atoms with van der Waals surface area (Å²) in [6, 6.07) is 6.59. The molecular formula is C12H10N2O3. The molecule has 1 aromatic heterocycles. The van der Waals surface area contributed by atoms with Gasteiger partial charge < -0.3 is 10.2 Å². The van der Waals surface area contributed by atoms with Gasteiger partial charge in [0.05, 0.1) is 0 Å². The van der Waals surface area contributed by atoms with Gasteiger partial charge in [0, 0.05) is 18.0 Å². The number of carboxylic acids is 1. The van der Waals surface area contributed by atoms with Crippen molar-refractivity contribution in [1.29, 1.82) is 0 Å². The Labute approximate surface area is 97.4 Å². The Balaban J connectivity index is 2.28. The molecule has 86 valence electrons. The minimum atomic E-state index is -1.49. The zero-order valence-corrected chi connectivity index (χ0v) is 8.82. The summed E-state index contributed by atoms with van der Waals surface area (Å²) >= 11 is 0. The first kappa shape index (κ1) is 11.2. The third kappa shape index (κ3) is 2.46. The lowest BCUT2D eigenvalue weighted by Gasteiger charge is -2.06. The fraction of sp³-hybridized carbons (Fsp3) is 0.0833. The van der Waals surface area contributed by atoms with Crippen LogP contribution < -0.4 is 0 Å². The minimum absolute atomic E-state index is 0.345. The lowest BCUT2D eigenvalue weighted by molar-refractivity contribution is -0.146. The molecule has 2 rings (SSSR count). The van der Waals surface area contributed by atoms with Gasteiger partial charge in [-0.3, -0.25) is 0 Å². The standard InChI is InChI=1S/C12H10N2O3/c15-11(12(16)17)9-3-1-8(2-4-9)10-5-13-7-14-6-10/h1-7,11,15H,(H,16,17)/t11-/m0/s1. The summed E-state index contributed by atoms with van der Waals surface area (Å²) in [7, 11) is 0. The first-order chi connectivity index (χ1) is 8.18. The number of benzene rings is 1. The van der Waals surface area contributed by atoms with Crippen LogP contribution in [0.5, 0.6) is 0 Å². The van der Waals surface area contributed by atoms with Crippen LogP contribution in [-0.2, 0) is 4.79 Å². The second-order valence-electron chi connectivity index (χ2n) is 3.49. The van der Waals surface area contributed by atoms with Crippen molar-refractivity contribution in [3.05, 3.63) is 48.5 Å². The van der Waals surface area contributed by atoms with Gasteiger partial charge >= 0.3 is 5.97 Å². The molecule has 0 amide bonds. The monoisotopic (exact) mass is 230 g/mol. The number of aliphatic hydroxyl groups is 1. The average Bonchev–Trinajstić information content (AvgIpc) is 2.39. The molecule has 0 fully saturated rings. The normalized spacial score (nSPS) is 12.1. The van der Waals surface area contributed by atoms with E-state index in [2.05, 4.69) is 9.97 Å². The van der Waals surface area contributed by atoms with Crippen molar-refractivity contribution in [1.82, 2.24) is 9.97 Å². The zero-order valence-electron chi connectivity index (χ0n) is 8.82. The number of nitrogens with zero attached hydrogens (tertiary/aromatic N) is 2. The summed E-state index contributed by atoms with van der Waals surface area (Å²) in [5.74, 6) is -1.26. The van der Waals surface area contributed by atoms with Gasteiger partial charge in [-0.1, -0.05) is 24.3 Å². The second-order valence-corrected chi connectivity index (χ2v) is 3.49. The highest BCUT2D eigenvalue weighted by molar-refractivity contribution is 5.74. The molecule has 5 heteroatoms. The maximum absolute atomic E-state index is 10.6. The van der Waals surface area contributed by atoms with Crippen LogP contribution in [0.4, 0.5) is 0 Å². The van der Waals surface area contributed by atoms with Crippen molar-refractivity contribution in [3.63, 3.8) is 0 Å². The molecule has 1 atom stereocenters. The molecule has 1 heterocycles. The SMILES string of the molecule is O=C(O)[C@@H](O)c1ccc(-c2cncnc2)cc1. The largest absolute Gasteiger partial charge is 0.479 e. The fourth-order valence-corrected chi connectivity index (χ4v) is 1.45. The highest BCUT2D eigenvalue weighted by atomic mass is 16.4. The highest BCUT2D eigenvalue weighted by Gasteiger charge is 2.15. The van der Waals surface area contributed by atoms with Gasteiger partial charge in [-0.05, 0) is 11.1 Å². The second kappa shape index (κ2) is 4.71. The molecule has 0 spiro atoms. The summed E-state index contributed by atoms with van der Waals surface area (Å²) in [5.41, 5.74) is 2.05. The van der Waals surface area contributed by atoms with Gasteiger partial charge in [0.2, 0.25) is 0 Å². The van der Waals surface area contributed by atoms with E-state index in [-0.39, 0.29) is 0 Å². The maximum atomic E-state index is 10.6. The quantitative estimate of drug-likeness (QED) is 0.829. The van der Waals surface area contributed by atoms with Crippen LogP contribution >= 0.6 is 0 Å². The summed E-state index contributed by atoms with van der Waals surface area (Å²) in [6.07, 6.45) is 3.27. The van der Waals surface area contributed by atoms with Gasteiger partial charge in [0.1, 0.15) is 6.33 Å². The predicted octanol–water partition coefficient (Wildman–Crippen LogP) is 1.26. The number of hydrogen-bond acceptors (Lipinski definition) is 4. The molecule has 2 N–H and O–H groups in total. The average molecular weight is 230 g/mol. The maximum Gasteiger partial charge on any atom is 0.337 e. The molecule has 2 aromatic rings. The van der Waals surface area contributed by atoms with Crippen LogP contribution in [0.15, 0.2) is 43.0 Å². The van der Waals surface area contributed by atoms with Crippen molar-refractivity contribution in [2.45, 2.75) is 6.10 Å². The van der Waals surface area contributed by atoms with E-state index >= 15 is 0 Å². The minimum Gasteiger partial charge on any atom is -0.479 e. The molecular weight excluding hydrogens is 220 g/mol. The third-order valence-corrected chi connectivity index (χ3v) is 2.35. The Morgan fingerprint density at radius 2 is 1.65 bits per heavy atom. The lowest BCUT2D eigenvalue weighted by Crippen LogP contribution is -2.10. The summed E-state index contributed by atoms with van der Waals surface area (Å²) < 4.78 is 0. The van der Waals surface area contributed by atoms with E-state index in [0.717, 1.165) is 11.1 Å². The Kier molecular flexibility index (Phi) is 3.11. The highest BCUT2D eigenvalue weighted by Crippen LogP contribution is 2.20. The summed E-state index contributed by atoms with van der Waals surface area (Å²) in [4.78, 5) is 18.4. The van der Waals surface area contributed by atoms with Crippen LogP contribution in [0.25, 0.3) is 11.1 Å². The summed E-state index contributed by atoms with van der Waals surface area (Å²) in [6.45, 7) is 0. The van der Waals surface area contributed by atoms with E-state index < -0.39 is 12.1 Å². The van der Waals surface area contributed by atoms with Gasteiger partial charge in [0.25, 0.3) is 0 Å². The van der Waals surface area contributed by atoms with E-state index in [1.165, 1.54) is 6.33 Å². The van der Waals surface area contributed by atoms with Gasteiger partial charge in [-0.2, -0.15) is 0 Å².